The standard InChI is InChI=1S/C20H35N5O/c1-5-7-12-23(3)14-17-13-21-22-18(17)16-8-10-20(11-9-16)15-25(6-2)19(26)24(20)4/h13,16H,5-12,14-15H2,1-4H3,(H,21,22). The molecular formula is C20H35N5O. The molecule has 26 heavy (non-hydrogen) atoms. The predicted molar refractivity (Wildman–Crippen MR) is 104 cm³/mol. The number of nitrogens with one attached hydrogen (secondary N) is 1. The van der Waals surface area contributed by atoms with Crippen molar-refractivity contribution in [1.29, 1.82) is 0 Å². The molecule has 1 aromatic heterocycles. The second kappa shape index (κ2) is 7.99. The normalized spacial score (nSPS) is 26.5. The Morgan fingerprint density at radius 3 is 2.69 bits per heavy atom. The van der Waals surface area contributed by atoms with E-state index in [1.54, 1.807) is 0 Å². The Morgan fingerprint density at radius 2 is 2.08 bits per heavy atom. The highest BCUT2D eigenvalue weighted by molar-refractivity contribution is 5.77. The van der Waals surface area contributed by atoms with Crippen LogP contribution in [0.1, 0.15) is 69.5 Å². The largest absolute Gasteiger partial charge is 0.323 e. The van der Waals surface area contributed by atoms with Crippen molar-refractivity contribution in [2.45, 2.75) is 70.4 Å². The van der Waals surface area contributed by atoms with Gasteiger partial charge in [-0.15, -0.1) is 0 Å². The maximum absolute atomic E-state index is 12.4. The van der Waals surface area contributed by atoms with Crippen LogP contribution in [0.3, 0.4) is 0 Å². The van der Waals surface area contributed by atoms with Crippen molar-refractivity contribution in [2.24, 2.45) is 0 Å². The van der Waals surface area contributed by atoms with Crippen molar-refractivity contribution in [3.8, 4) is 0 Å². The summed E-state index contributed by atoms with van der Waals surface area (Å²) in [6.07, 6.45) is 8.90. The minimum Gasteiger partial charge on any atom is -0.323 e. The summed E-state index contributed by atoms with van der Waals surface area (Å²) >= 11 is 0. The van der Waals surface area contributed by atoms with Crippen molar-refractivity contribution in [2.75, 3.05) is 33.7 Å². The Balaban J connectivity index is 1.63. The first-order chi connectivity index (χ1) is 12.5. The van der Waals surface area contributed by atoms with Gasteiger partial charge in [-0.2, -0.15) is 5.10 Å². The minimum absolute atomic E-state index is 0.0433. The van der Waals surface area contributed by atoms with Crippen LogP contribution in [0.15, 0.2) is 6.20 Å². The van der Waals surface area contributed by atoms with Crippen LogP contribution in [0.2, 0.25) is 0 Å². The molecule has 146 valence electrons. The van der Waals surface area contributed by atoms with E-state index in [4.69, 9.17) is 0 Å². The number of carbonyl (C=O) groups excluding carboxylic acids is 1. The average Bonchev–Trinajstić information content (AvgIpc) is 3.19. The number of amides is 2. The molecule has 1 aromatic rings. The summed E-state index contributed by atoms with van der Waals surface area (Å²) in [5.41, 5.74) is 2.71. The molecule has 0 aromatic carbocycles. The Bertz CT molecular complexity index is 605. The van der Waals surface area contributed by atoms with Gasteiger partial charge in [0.1, 0.15) is 0 Å². The van der Waals surface area contributed by atoms with E-state index in [1.807, 2.05) is 23.0 Å². The fraction of sp³-hybridized carbons (Fsp3) is 0.800. The zero-order chi connectivity index (χ0) is 18.7. The predicted octanol–water partition coefficient (Wildman–Crippen LogP) is 3.43. The zero-order valence-electron chi connectivity index (χ0n) is 16.9. The number of hydrogen-bond acceptors (Lipinski definition) is 3. The summed E-state index contributed by atoms with van der Waals surface area (Å²) in [4.78, 5) is 18.8. The lowest BCUT2D eigenvalue weighted by atomic mass is 9.74. The third-order valence-corrected chi connectivity index (χ3v) is 6.55. The summed E-state index contributed by atoms with van der Waals surface area (Å²) in [5.74, 6) is 0.539. The number of unbranched alkanes of at least 4 members (excludes halogenated alkanes) is 1. The molecule has 0 atom stereocenters. The van der Waals surface area contributed by atoms with E-state index in [1.165, 1.54) is 24.1 Å². The zero-order valence-corrected chi connectivity index (χ0v) is 16.9. The van der Waals surface area contributed by atoms with Crippen LogP contribution in [0, 0.1) is 0 Å². The highest BCUT2D eigenvalue weighted by Gasteiger charge is 2.49. The molecule has 1 aliphatic heterocycles. The number of aromatic amines is 1. The third-order valence-electron chi connectivity index (χ3n) is 6.55. The Morgan fingerprint density at radius 1 is 1.35 bits per heavy atom. The van der Waals surface area contributed by atoms with E-state index >= 15 is 0 Å². The van der Waals surface area contributed by atoms with Gasteiger partial charge in [0.2, 0.25) is 0 Å². The van der Waals surface area contributed by atoms with E-state index in [0.29, 0.717) is 5.92 Å². The maximum Gasteiger partial charge on any atom is 0.320 e. The summed E-state index contributed by atoms with van der Waals surface area (Å²) in [7, 11) is 4.18. The minimum atomic E-state index is 0.0433. The van der Waals surface area contributed by atoms with Crippen molar-refractivity contribution in [3.05, 3.63) is 17.5 Å². The number of urea groups is 1. The number of hydrogen-bond donors (Lipinski definition) is 1. The Labute approximate surface area is 157 Å². The fourth-order valence-corrected chi connectivity index (χ4v) is 4.73. The highest BCUT2D eigenvalue weighted by Crippen LogP contribution is 2.44. The van der Waals surface area contributed by atoms with Crippen LogP contribution >= 0.6 is 0 Å². The van der Waals surface area contributed by atoms with Crippen LogP contribution in [0.5, 0.6) is 0 Å². The second-order valence-electron chi connectivity index (χ2n) is 8.25. The lowest BCUT2D eigenvalue weighted by Crippen LogP contribution is -2.47. The van der Waals surface area contributed by atoms with Crippen LogP contribution < -0.4 is 0 Å². The molecule has 6 heteroatoms. The summed E-state index contributed by atoms with van der Waals surface area (Å²) in [6, 6.07) is 0.200. The Hall–Kier alpha value is -1.56. The van der Waals surface area contributed by atoms with Gasteiger partial charge in [0, 0.05) is 43.9 Å². The van der Waals surface area contributed by atoms with Crippen LogP contribution in [0.25, 0.3) is 0 Å². The van der Waals surface area contributed by atoms with Gasteiger partial charge in [-0.1, -0.05) is 13.3 Å². The lowest BCUT2D eigenvalue weighted by molar-refractivity contribution is 0.132. The first-order valence-electron chi connectivity index (χ1n) is 10.2. The molecule has 1 saturated carbocycles. The van der Waals surface area contributed by atoms with Crippen molar-refractivity contribution in [1.82, 2.24) is 24.9 Å². The molecule has 1 spiro atoms. The summed E-state index contributed by atoms with van der Waals surface area (Å²) < 4.78 is 0. The molecular weight excluding hydrogens is 326 g/mol. The number of aromatic nitrogens is 2. The number of likely N-dealkylation sites (N-methyl/N-ethyl adjacent to an activating group) is 2. The van der Waals surface area contributed by atoms with Gasteiger partial charge < -0.3 is 14.7 Å². The molecule has 2 fully saturated rings. The molecule has 1 N–H and O–H groups in total. The van der Waals surface area contributed by atoms with Gasteiger partial charge in [0.15, 0.2) is 0 Å². The lowest BCUT2D eigenvalue weighted by Gasteiger charge is -2.41. The van der Waals surface area contributed by atoms with E-state index in [-0.39, 0.29) is 11.6 Å². The summed E-state index contributed by atoms with van der Waals surface area (Å²) in [5, 5.41) is 7.64. The van der Waals surface area contributed by atoms with E-state index in [2.05, 4.69) is 36.0 Å². The highest BCUT2D eigenvalue weighted by atomic mass is 16.2. The molecule has 0 unspecified atom stereocenters. The van der Waals surface area contributed by atoms with Crippen LogP contribution in [0.4, 0.5) is 4.79 Å². The van der Waals surface area contributed by atoms with Gasteiger partial charge in [-0.05, 0) is 52.6 Å². The third kappa shape index (κ3) is 3.61. The molecule has 2 amide bonds. The van der Waals surface area contributed by atoms with Crippen molar-refractivity contribution >= 4 is 6.03 Å². The van der Waals surface area contributed by atoms with E-state index in [0.717, 1.165) is 51.9 Å². The second-order valence-corrected chi connectivity index (χ2v) is 8.25. The molecule has 2 heterocycles. The van der Waals surface area contributed by atoms with Gasteiger partial charge in [-0.3, -0.25) is 5.10 Å². The maximum atomic E-state index is 12.4. The topological polar surface area (TPSA) is 55.5 Å². The van der Waals surface area contributed by atoms with Crippen molar-refractivity contribution < 1.29 is 4.79 Å². The van der Waals surface area contributed by atoms with Gasteiger partial charge >= 0.3 is 6.03 Å². The first-order valence-corrected chi connectivity index (χ1v) is 10.2. The monoisotopic (exact) mass is 361 g/mol. The van der Waals surface area contributed by atoms with Gasteiger partial charge in [-0.25, -0.2) is 4.79 Å². The van der Waals surface area contributed by atoms with Gasteiger partial charge in [0.05, 0.1) is 11.7 Å². The molecule has 1 aliphatic carbocycles. The SMILES string of the molecule is CCCCN(C)Cc1cn[nH]c1C1CCC2(CC1)CN(CC)C(=O)N2C. The van der Waals surface area contributed by atoms with Crippen LogP contribution in [-0.4, -0.2) is 70.2 Å². The van der Waals surface area contributed by atoms with Gasteiger partial charge in [0.25, 0.3) is 0 Å². The molecule has 3 rings (SSSR count). The smallest absolute Gasteiger partial charge is 0.320 e. The number of H-pyrrole nitrogens is 1. The molecule has 1 saturated heterocycles. The fourth-order valence-electron chi connectivity index (χ4n) is 4.73. The first kappa shape index (κ1) is 19.2. The van der Waals surface area contributed by atoms with E-state index in [9.17, 15) is 4.79 Å². The average molecular weight is 362 g/mol. The molecule has 6 nitrogen and oxygen atoms in total. The van der Waals surface area contributed by atoms with E-state index < -0.39 is 0 Å². The Kier molecular flexibility index (Phi) is 5.90. The molecule has 0 radical (unpaired) electrons. The number of carbonyl (C=O) groups is 1. The number of nitrogens with zero attached hydrogens (tertiary/aromatic N) is 4. The van der Waals surface area contributed by atoms with Crippen molar-refractivity contribution in [3.63, 3.8) is 0 Å². The quantitative estimate of drug-likeness (QED) is 0.809. The summed E-state index contributed by atoms with van der Waals surface area (Å²) in [6.45, 7) is 8.11. The molecule has 0 bridgehead atoms. The van der Waals surface area contributed by atoms with Crippen LogP contribution in [-0.2, 0) is 6.54 Å². The number of rotatable bonds is 7. The molecule has 2 aliphatic rings.